The summed E-state index contributed by atoms with van der Waals surface area (Å²) in [6.45, 7) is 0.321. The Kier molecular flexibility index (Phi) is 5.11. The lowest BCUT2D eigenvalue weighted by molar-refractivity contribution is -0.137. The smallest absolute Gasteiger partial charge is 0.338 e. The van der Waals surface area contributed by atoms with Crippen molar-refractivity contribution in [2.24, 2.45) is 0 Å². The molecule has 3 rings (SSSR count). The van der Waals surface area contributed by atoms with Gasteiger partial charge in [0, 0.05) is 11.9 Å². The minimum atomic E-state index is -4.34. The number of amides is 2. The van der Waals surface area contributed by atoms with Gasteiger partial charge in [-0.25, -0.2) is 4.79 Å². The molecule has 0 spiro atoms. The van der Waals surface area contributed by atoms with Crippen molar-refractivity contribution in [3.05, 3.63) is 77.9 Å². The normalized spacial score (nSPS) is 11.3. The topological polar surface area (TPSA) is 41.1 Å². The average molecular weight is 358 g/mol. The molecular formula is C20H17F3N2O. The molecule has 2 amide bonds. The van der Waals surface area contributed by atoms with E-state index < -0.39 is 11.7 Å². The number of anilines is 1. The number of alkyl halides is 3. The summed E-state index contributed by atoms with van der Waals surface area (Å²) in [6.07, 6.45) is -3.89. The summed E-state index contributed by atoms with van der Waals surface area (Å²) < 4.78 is 37.6. The molecule has 0 aliphatic carbocycles. The van der Waals surface area contributed by atoms with Crippen LogP contribution in [0.4, 0.5) is 23.7 Å². The minimum Gasteiger partial charge on any atom is -0.338 e. The molecule has 0 saturated heterocycles. The first kappa shape index (κ1) is 17.8. The van der Waals surface area contributed by atoms with Gasteiger partial charge in [-0.1, -0.05) is 48.5 Å². The van der Waals surface area contributed by atoms with Crippen LogP contribution in [0.1, 0.15) is 11.1 Å². The Hall–Kier alpha value is -3.02. The number of urea groups is 1. The highest BCUT2D eigenvalue weighted by atomic mass is 19.4. The molecule has 0 radical (unpaired) electrons. The predicted molar refractivity (Wildman–Crippen MR) is 96.1 cm³/mol. The monoisotopic (exact) mass is 358 g/mol. The number of halogens is 3. The molecule has 2 N–H and O–H groups in total. The molecule has 0 unspecified atom stereocenters. The minimum absolute atomic E-state index is 0.321. The van der Waals surface area contributed by atoms with Gasteiger partial charge in [0.25, 0.3) is 0 Å². The van der Waals surface area contributed by atoms with Gasteiger partial charge in [0.2, 0.25) is 0 Å². The van der Waals surface area contributed by atoms with Crippen molar-refractivity contribution in [3.8, 4) is 0 Å². The molecule has 0 aromatic heterocycles. The highest BCUT2D eigenvalue weighted by Gasteiger charge is 2.29. The van der Waals surface area contributed by atoms with E-state index in [9.17, 15) is 18.0 Å². The molecule has 26 heavy (non-hydrogen) atoms. The maximum atomic E-state index is 12.5. The van der Waals surface area contributed by atoms with E-state index in [1.54, 1.807) is 0 Å². The number of hydrogen-bond donors (Lipinski definition) is 2. The molecule has 134 valence electrons. The van der Waals surface area contributed by atoms with Crippen LogP contribution < -0.4 is 10.6 Å². The summed E-state index contributed by atoms with van der Waals surface area (Å²) in [4.78, 5) is 12.1. The first-order valence-corrected chi connectivity index (χ1v) is 8.12. The zero-order chi connectivity index (χ0) is 18.6. The van der Waals surface area contributed by atoms with E-state index in [1.165, 1.54) is 12.1 Å². The third-order valence-corrected chi connectivity index (χ3v) is 4.02. The Morgan fingerprint density at radius 3 is 2.31 bits per heavy atom. The van der Waals surface area contributed by atoms with Crippen LogP contribution in [0.3, 0.4) is 0 Å². The lowest BCUT2D eigenvalue weighted by atomic mass is 10.1. The van der Waals surface area contributed by atoms with Gasteiger partial charge >= 0.3 is 12.2 Å². The fourth-order valence-corrected chi connectivity index (χ4v) is 2.68. The number of carbonyl (C=O) groups is 1. The Morgan fingerprint density at radius 2 is 1.58 bits per heavy atom. The molecule has 3 aromatic carbocycles. The van der Waals surface area contributed by atoms with E-state index in [2.05, 4.69) is 10.6 Å². The summed E-state index contributed by atoms with van der Waals surface area (Å²) >= 11 is 0. The van der Waals surface area contributed by atoms with Crippen LogP contribution in [-0.4, -0.2) is 12.6 Å². The highest BCUT2D eigenvalue weighted by Crippen LogP contribution is 2.29. The molecule has 0 heterocycles. The molecule has 0 aliphatic rings. The molecule has 0 atom stereocenters. The SMILES string of the molecule is O=C(NCCc1ccc(C(F)(F)F)cc1)Nc1cccc2ccccc12. The van der Waals surface area contributed by atoms with Gasteiger partial charge in [-0.05, 0) is 35.6 Å². The molecular weight excluding hydrogens is 341 g/mol. The van der Waals surface area contributed by atoms with Gasteiger partial charge < -0.3 is 10.6 Å². The Morgan fingerprint density at radius 1 is 0.885 bits per heavy atom. The Labute approximate surface area is 148 Å². The van der Waals surface area contributed by atoms with Crippen molar-refractivity contribution in [1.29, 1.82) is 0 Å². The van der Waals surface area contributed by atoms with Crippen LogP contribution >= 0.6 is 0 Å². The fraction of sp³-hybridized carbons (Fsp3) is 0.150. The van der Waals surface area contributed by atoms with E-state index in [-0.39, 0.29) is 6.03 Å². The number of fused-ring (bicyclic) bond motifs is 1. The molecule has 3 aromatic rings. The van der Waals surface area contributed by atoms with E-state index in [0.717, 1.165) is 28.5 Å². The van der Waals surface area contributed by atoms with Gasteiger partial charge in [0.15, 0.2) is 0 Å². The van der Waals surface area contributed by atoms with Gasteiger partial charge in [0.05, 0.1) is 11.3 Å². The summed E-state index contributed by atoms with van der Waals surface area (Å²) in [5.74, 6) is 0. The van der Waals surface area contributed by atoms with Gasteiger partial charge in [-0.3, -0.25) is 0 Å². The quantitative estimate of drug-likeness (QED) is 0.659. The van der Waals surface area contributed by atoms with Crippen molar-refractivity contribution in [3.63, 3.8) is 0 Å². The zero-order valence-electron chi connectivity index (χ0n) is 13.8. The number of rotatable bonds is 4. The Bertz CT molecular complexity index is 900. The summed E-state index contributed by atoms with van der Waals surface area (Å²) in [7, 11) is 0. The molecule has 0 fully saturated rings. The lowest BCUT2D eigenvalue weighted by Gasteiger charge is -2.11. The van der Waals surface area contributed by atoms with Gasteiger partial charge in [0.1, 0.15) is 0 Å². The van der Waals surface area contributed by atoms with Crippen molar-refractivity contribution in [2.45, 2.75) is 12.6 Å². The van der Waals surface area contributed by atoms with Crippen LogP contribution in [-0.2, 0) is 12.6 Å². The maximum Gasteiger partial charge on any atom is 0.416 e. The zero-order valence-corrected chi connectivity index (χ0v) is 13.8. The average Bonchev–Trinajstić information content (AvgIpc) is 2.62. The van der Waals surface area contributed by atoms with Gasteiger partial charge in [-0.2, -0.15) is 13.2 Å². The molecule has 6 heteroatoms. The second kappa shape index (κ2) is 7.47. The van der Waals surface area contributed by atoms with Crippen LogP contribution in [0, 0.1) is 0 Å². The third-order valence-electron chi connectivity index (χ3n) is 4.02. The van der Waals surface area contributed by atoms with Crippen LogP contribution in [0.15, 0.2) is 66.7 Å². The lowest BCUT2D eigenvalue weighted by Crippen LogP contribution is -2.30. The third kappa shape index (κ3) is 4.33. The predicted octanol–water partition coefficient (Wildman–Crippen LogP) is 5.22. The van der Waals surface area contributed by atoms with Crippen molar-refractivity contribution < 1.29 is 18.0 Å². The summed E-state index contributed by atoms with van der Waals surface area (Å²) in [6, 6.07) is 17.9. The molecule has 3 nitrogen and oxygen atoms in total. The van der Waals surface area contributed by atoms with E-state index >= 15 is 0 Å². The summed E-state index contributed by atoms with van der Waals surface area (Å²) in [5.41, 5.74) is 0.751. The maximum absolute atomic E-state index is 12.5. The van der Waals surface area contributed by atoms with E-state index in [1.807, 2.05) is 42.5 Å². The summed E-state index contributed by atoms with van der Waals surface area (Å²) in [5, 5.41) is 7.48. The molecule has 0 aliphatic heterocycles. The highest BCUT2D eigenvalue weighted by molar-refractivity contribution is 6.01. The van der Waals surface area contributed by atoms with Crippen LogP contribution in [0.25, 0.3) is 10.8 Å². The van der Waals surface area contributed by atoms with E-state index in [0.29, 0.717) is 18.7 Å². The van der Waals surface area contributed by atoms with Crippen molar-refractivity contribution in [2.75, 3.05) is 11.9 Å². The Balaban J connectivity index is 1.54. The number of carbonyl (C=O) groups excluding carboxylic acids is 1. The van der Waals surface area contributed by atoms with E-state index in [4.69, 9.17) is 0 Å². The first-order valence-electron chi connectivity index (χ1n) is 8.12. The molecule has 0 saturated carbocycles. The standard InChI is InChI=1S/C20H17F3N2O/c21-20(22,23)16-10-8-14(9-11-16)12-13-24-19(26)25-18-7-3-5-15-4-1-2-6-17(15)18/h1-11H,12-13H2,(H2,24,25,26). The van der Waals surface area contributed by atoms with Crippen LogP contribution in [0.2, 0.25) is 0 Å². The molecule has 0 bridgehead atoms. The second-order valence-corrected chi connectivity index (χ2v) is 5.85. The van der Waals surface area contributed by atoms with Gasteiger partial charge in [-0.15, -0.1) is 0 Å². The van der Waals surface area contributed by atoms with Crippen molar-refractivity contribution >= 4 is 22.5 Å². The largest absolute Gasteiger partial charge is 0.416 e. The number of hydrogen-bond acceptors (Lipinski definition) is 1. The van der Waals surface area contributed by atoms with Crippen molar-refractivity contribution in [1.82, 2.24) is 5.32 Å². The second-order valence-electron chi connectivity index (χ2n) is 5.85. The first-order chi connectivity index (χ1) is 12.4. The number of nitrogens with one attached hydrogen (secondary N) is 2. The number of benzene rings is 3. The fourth-order valence-electron chi connectivity index (χ4n) is 2.68. The van der Waals surface area contributed by atoms with Crippen LogP contribution in [0.5, 0.6) is 0 Å².